The molecule has 0 aromatic carbocycles. The van der Waals surface area contributed by atoms with Crippen molar-refractivity contribution in [1.82, 2.24) is 0 Å². The molecule has 0 aliphatic heterocycles. The van der Waals surface area contributed by atoms with Crippen molar-refractivity contribution < 1.29 is 5.11 Å². The molecule has 0 atom stereocenters. The van der Waals surface area contributed by atoms with Crippen LogP contribution in [0.4, 0.5) is 0 Å². The second-order valence-corrected chi connectivity index (χ2v) is 8.72. The molecule has 0 bridgehead atoms. The average molecular weight is 291 g/mol. The minimum atomic E-state index is -0.726. The van der Waals surface area contributed by atoms with Crippen molar-refractivity contribution in [2.75, 3.05) is 0 Å². The molecular weight excluding hydrogens is 258 g/mol. The normalized spacial score (nSPS) is 41.5. The lowest BCUT2D eigenvalue weighted by Crippen LogP contribution is -2.52. The van der Waals surface area contributed by atoms with Crippen molar-refractivity contribution in [3.63, 3.8) is 0 Å². The molecule has 0 spiro atoms. The van der Waals surface area contributed by atoms with Gasteiger partial charge >= 0.3 is 0 Å². The molecule has 0 heterocycles. The van der Waals surface area contributed by atoms with Crippen LogP contribution in [0.2, 0.25) is 0 Å². The molecule has 0 aromatic heterocycles. The topological polar surface area (TPSA) is 44.0 Å². The van der Waals surface area contributed by atoms with Crippen molar-refractivity contribution in [3.05, 3.63) is 0 Å². The Bertz CT molecular complexity index is 385. The maximum atomic E-state index is 11.2. The number of hydrogen-bond acceptors (Lipinski definition) is 2. The van der Waals surface area contributed by atoms with Gasteiger partial charge in [0.05, 0.1) is 17.1 Å². The predicted octanol–water partition coefficient (Wildman–Crippen LogP) is 5.06. The van der Waals surface area contributed by atoms with Crippen LogP contribution in [0, 0.1) is 34.0 Å². The van der Waals surface area contributed by atoms with Gasteiger partial charge in [0.15, 0.2) is 0 Å². The Hall–Kier alpha value is -0.550. The van der Waals surface area contributed by atoms with Gasteiger partial charge in [-0.05, 0) is 68.6 Å². The molecule has 1 N–H and O–H groups in total. The molecule has 2 rings (SSSR count). The number of nitrogens with zero attached hydrogens (tertiary/aromatic N) is 1. The zero-order valence-electron chi connectivity index (χ0n) is 14.4. The maximum absolute atomic E-state index is 11.2. The number of aliphatic hydroxyl groups is 1. The van der Waals surface area contributed by atoms with Gasteiger partial charge in [-0.3, -0.25) is 0 Å². The Balaban J connectivity index is 2.09. The van der Waals surface area contributed by atoms with Gasteiger partial charge in [0.25, 0.3) is 0 Å². The van der Waals surface area contributed by atoms with Crippen LogP contribution in [0.15, 0.2) is 0 Å². The molecule has 2 saturated carbocycles. The molecule has 0 unspecified atom stereocenters. The smallest absolute Gasteiger partial charge is 0.0860 e. The van der Waals surface area contributed by atoms with E-state index in [-0.39, 0.29) is 0 Å². The summed E-state index contributed by atoms with van der Waals surface area (Å²) in [5.74, 6) is 1.45. The zero-order valence-corrected chi connectivity index (χ0v) is 14.4. The molecule has 2 aliphatic carbocycles. The minimum absolute atomic E-state index is 0.324. The monoisotopic (exact) mass is 291 g/mol. The summed E-state index contributed by atoms with van der Waals surface area (Å²) in [6.07, 6.45) is 9.03. The van der Waals surface area contributed by atoms with Crippen molar-refractivity contribution >= 4 is 0 Å². The molecule has 21 heavy (non-hydrogen) atoms. The van der Waals surface area contributed by atoms with Gasteiger partial charge in [0.1, 0.15) is 0 Å². The minimum Gasteiger partial charge on any atom is -0.388 e. The summed E-state index contributed by atoms with van der Waals surface area (Å²) in [6.45, 7) is 9.15. The average Bonchev–Trinajstić information content (AvgIpc) is 2.47. The van der Waals surface area contributed by atoms with Crippen LogP contribution in [0.3, 0.4) is 0 Å². The lowest BCUT2D eigenvalue weighted by atomic mass is 9.55. The largest absolute Gasteiger partial charge is 0.388 e. The highest BCUT2D eigenvalue weighted by molar-refractivity contribution is 5.14. The molecule has 0 radical (unpaired) electrons. The lowest BCUT2D eigenvalue weighted by Gasteiger charge is -2.51. The molecule has 2 heteroatoms. The zero-order chi connectivity index (χ0) is 15.7. The number of hydrogen-bond donors (Lipinski definition) is 1. The van der Waals surface area contributed by atoms with Crippen LogP contribution in [-0.4, -0.2) is 10.7 Å². The van der Waals surface area contributed by atoms with Crippen LogP contribution >= 0.6 is 0 Å². The second kappa shape index (κ2) is 5.92. The molecule has 0 amide bonds. The van der Waals surface area contributed by atoms with Crippen molar-refractivity contribution in [3.8, 4) is 6.07 Å². The van der Waals surface area contributed by atoms with E-state index in [4.69, 9.17) is 0 Å². The first-order valence-corrected chi connectivity index (χ1v) is 8.90. The molecular formula is C19H33NO. The first-order chi connectivity index (χ1) is 9.76. The van der Waals surface area contributed by atoms with Crippen molar-refractivity contribution in [2.45, 2.75) is 91.1 Å². The van der Waals surface area contributed by atoms with E-state index in [1.807, 2.05) is 0 Å². The van der Waals surface area contributed by atoms with Gasteiger partial charge < -0.3 is 5.11 Å². The van der Waals surface area contributed by atoms with E-state index in [1.165, 1.54) is 6.42 Å². The van der Waals surface area contributed by atoms with Crippen LogP contribution in [0.25, 0.3) is 0 Å². The standard InChI is InChI=1S/C19H33NO/c1-5-15-6-12-19(21,13-7-15)18(14-20)10-8-16(9-11-18)17(2,3)4/h15-16,21H,5-13H2,1-4H3. The predicted molar refractivity (Wildman–Crippen MR) is 86.7 cm³/mol. The van der Waals surface area contributed by atoms with E-state index in [2.05, 4.69) is 33.8 Å². The second-order valence-electron chi connectivity index (χ2n) is 8.72. The third kappa shape index (κ3) is 3.14. The number of rotatable bonds is 2. The fraction of sp³-hybridized carbons (Fsp3) is 0.947. The van der Waals surface area contributed by atoms with Crippen LogP contribution in [0.5, 0.6) is 0 Å². The van der Waals surface area contributed by atoms with E-state index < -0.39 is 11.0 Å². The first kappa shape index (κ1) is 16.8. The quantitative estimate of drug-likeness (QED) is 0.772. The number of nitriles is 1. The third-order valence-corrected chi connectivity index (χ3v) is 6.68. The fourth-order valence-electron chi connectivity index (χ4n) is 4.70. The highest BCUT2D eigenvalue weighted by atomic mass is 16.3. The summed E-state index contributed by atoms with van der Waals surface area (Å²) in [7, 11) is 0. The van der Waals surface area contributed by atoms with E-state index in [0.717, 1.165) is 57.3 Å². The lowest BCUT2D eigenvalue weighted by molar-refractivity contribution is -0.113. The van der Waals surface area contributed by atoms with E-state index >= 15 is 0 Å². The fourth-order valence-corrected chi connectivity index (χ4v) is 4.70. The van der Waals surface area contributed by atoms with Gasteiger partial charge in [-0.1, -0.05) is 34.1 Å². The summed E-state index contributed by atoms with van der Waals surface area (Å²) in [5, 5.41) is 21.1. The summed E-state index contributed by atoms with van der Waals surface area (Å²) < 4.78 is 0. The van der Waals surface area contributed by atoms with E-state index in [9.17, 15) is 10.4 Å². The molecule has 0 aromatic rings. The third-order valence-electron chi connectivity index (χ3n) is 6.68. The van der Waals surface area contributed by atoms with Crippen molar-refractivity contribution in [2.24, 2.45) is 22.7 Å². The Morgan fingerprint density at radius 2 is 1.57 bits per heavy atom. The van der Waals surface area contributed by atoms with E-state index in [0.29, 0.717) is 11.3 Å². The molecule has 2 nitrogen and oxygen atoms in total. The highest BCUT2D eigenvalue weighted by Crippen LogP contribution is 2.54. The molecule has 2 fully saturated rings. The molecule has 0 saturated heterocycles. The maximum Gasteiger partial charge on any atom is 0.0860 e. The summed E-state index contributed by atoms with van der Waals surface area (Å²) in [4.78, 5) is 0. The molecule has 120 valence electrons. The Kier molecular flexibility index (Phi) is 4.74. The summed E-state index contributed by atoms with van der Waals surface area (Å²) in [5.41, 5.74) is -0.881. The van der Waals surface area contributed by atoms with Gasteiger partial charge in [-0.2, -0.15) is 5.26 Å². The Morgan fingerprint density at radius 1 is 1.05 bits per heavy atom. The van der Waals surface area contributed by atoms with Gasteiger partial charge in [-0.15, -0.1) is 0 Å². The van der Waals surface area contributed by atoms with Gasteiger partial charge in [-0.25, -0.2) is 0 Å². The summed E-state index contributed by atoms with van der Waals surface area (Å²) >= 11 is 0. The van der Waals surface area contributed by atoms with Crippen LogP contribution in [0.1, 0.15) is 85.5 Å². The van der Waals surface area contributed by atoms with Gasteiger partial charge in [0, 0.05) is 0 Å². The van der Waals surface area contributed by atoms with Crippen LogP contribution < -0.4 is 0 Å². The SMILES string of the molecule is CCC1CCC(O)(C2(C#N)CCC(C(C)(C)C)CC2)CC1. The Morgan fingerprint density at radius 3 is 1.95 bits per heavy atom. The summed E-state index contributed by atoms with van der Waals surface area (Å²) in [6, 6.07) is 2.58. The van der Waals surface area contributed by atoms with Crippen molar-refractivity contribution in [1.29, 1.82) is 5.26 Å². The molecule has 2 aliphatic rings. The van der Waals surface area contributed by atoms with E-state index in [1.54, 1.807) is 0 Å². The Labute approximate surface area is 130 Å². The van der Waals surface area contributed by atoms with Gasteiger partial charge in [0.2, 0.25) is 0 Å². The first-order valence-electron chi connectivity index (χ1n) is 8.90. The highest BCUT2D eigenvalue weighted by Gasteiger charge is 2.53. The van der Waals surface area contributed by atoms with Crippen LogP contribution in [-0.2, 0) is 0 Å².